The topological polar surface area (TPSA) is 26.3 Å². The molecule has 1 unspecified atom stereocenters. The number of carbonyl (C=O) groups excluding carboxylic acids is 1. The predicted molar refractivity (Wildman–Crippen MR) is 47.7 cm³/mol. The molecular formula is C10H16O2. The fourth-order valence-electron chi connectivity index (χ4n) is 1.18. The molecule has 0 amide bonds. The first kappa shape index (κ1) is 9.30. The standard InChI is InChI=1S/C10H16O2/c1-8(2)4-3-5-9-6-7-10(11)12-9/h3,5,8-9H,4,6-7H2,1-2H3/b5-3+. The van der Waals surface area contributed by atoms with E-state index >= 15 is 0 Å². The van der Waals surface area contributed by atoms with Crippen molar-refractivity contribution in [2.45, 2.75) is 39.2 Å². The molecule has 1 aliphatic heterocycles. The summed E-state index contributed by atoms with van der Waals surface area (Å²) in [6.45, 7) is 4.34. The number of hydrogen-bond acceptors (Lipinski definition) is 2. The molecule has 1 fully saturated rings. The van der Waals surface area contributed by atoms with Crippen molar-refractivity contribution in [3.63, 3.8) is 0 Å². The molecule has 0 saturated carbocycles. The van der Waals surface area contributed by atoms with E-state index in [2.05, 4.69) is 19.9 Å². The maximum absolute atomic E-state index is 10.7. The van der Waals surface area contributed by atoms with Gasteiger partial charge in [-0.05, 0) is 24.8 Å². The normalized spacial score (nSPS) is 23.9. The molecule has 0 aromatic rings. The smallest absolute Gasteiger partial charge is 0.306 e. The Kier molecular flexibility index (Phi) is 3.32. The number of esters is 1. The van der Waals surface area contributed by atoms with E-state index in [1.165, 1.54) is 0 Å². The zero-order chi connectivity index (χ0) is 8.97. The van der Waals surface area contributed by atoms with Crippen LogP contribution in [0, 0.1) is 5.92 Å². The molecular weight excluding hydrogens is 152 g/mol. The first-order valence-corrected chi connectivity index (χ1v) is 4.54. The van der Waals surface area contributed by atoms with Crippen LogP contribution in [0.3, 0.4) is 0 Å². The zero-order valence-corrected chi connectivity index (χ0v) is 7.75. The molecule has 2 nitrogen and oxygen atoms in total. The van der Waals surface area contributed by atoms with Gasteiger partial charge >= 0.3 is 5.97 Å². The van der Waals surface area contributed by atoms with Crippen molar-refractivity contribution in [3.8, 4) is 0 Å². The van der Waals surface area contributed by atoms with E-state index in [4.69, 9.17) is 4.74 Å². The highest BCUT2D eigenvalue weighted by molar-refractivity contribution is 5.71. The van der Waals surface area contributed by atoms with Crippen molar-refractivity contribution in [1.82, 2.24) is 0 Å². The zero-order valence-electron chi connectivity index (χ0n) is 7.75. The van der Waals surface area contributed by atoms with Crippen molar-refractivity contribution in [2.24, 2.45) is 5.92 Å². The highest BCUT2D eigenvalue weighted by Crippen LogP contribution is 2.15. The average molecular weight is 168 g/mol. The van der Waals surface area contributed by atoms with Gasteiger partial charge in [-0.25, -0.2) is 0 Å². The quantitative estimate of drug-likeness (QED) is 0.477. The third-order valence-corrected chi connectivity index (χ3v) is 1.87. The number of cyclic esters (lactones) is 1. The van der Waals surface area contributed by atoms with Gasteiger partial charge in [0.15, 0.2) is 0 Å². The molecule has 2 heteroatoms. The van der Waals surface area contributed by atoms with Gasteiger partial charge in [-0.2, -0.15) is 0 Å². The molecule has 0 N–H and O–H groups in total. The van der Waals surface area contributed by atoms with Crippen molar-refractivity contribution in [3.05, 3.63) is 12.2 Å². The van der Waals surface area contributed by atoms with Crippen LogP contribution in [0.5, 0.6) is 0 Å². The van der Waals surface area contributed by atoms with Crippen LogP contribution in [0.4, 0.5) is 0 Å². The third-order valence-electron chi connectivity index (χ3n) is 1.87. The van der Waals surface area contributed by atoms with Crippen LogP contribution in [0.1, 0.15) is 33.1 Å². The highest BCUT2D eigenvalue weighted by Gasteiger charge is 2.19. The van der Waals surface area contributed by atoms with E-state index in [1.807, 2.05) is 6.08 Å². The summed E-state index contributed by atoms with van der Waals surface area (Å²) in [5.41, 5.74) is 0. The predicted octanol–water partition coefficient (Wildman–Crippen LogP) is 2.29. The molecule has 12 heavy (non-hydrogen) atoms. The molecule has 0 aromatic heterocycles. The van der Waals surface area contributed by atoms with Crippen LogP contribution >= 0.6 is 0 Å². The van der Waals surface area contributed by atoms with Gasteiger partial charge in [0, 0.05) is 6.42 Å². The Morgan fingerprint density at radius 3 is 2.92 bits per heavy atom. The van der Waals surface area contributed by atoms with Gasteiger partial charge in [-0.1, -0.05) is 19.9 Å². The first-order valence-electron chi connectivity index (χ1n) is 4.54. The minimum absolute atomic E-state index is 0.0521. The molecule has 0 aliphatic carbocycles. The van der Waals surface area contributed by atoms with Gasteiger partial charge in [0.1, 0.15) is 6.10 Å². The minimum atomic E-state index is -0.0609. The summed E-state index contributed by atoms with van der Waals surface area (Å²) in [4.78, 5) is 10.7. The van der Waals surface area contributed by atoms with Gasteiger partial charge in [0.2, 0.25) is 0 Å². The molecule has 1 heterocycles. The van der Waals surface area contributed by atoms with E-state index in [-0.39, 0.29) is 12.1 Å². The second-order valence-corrected chi connectivity index (χ2v) is 3.62. The number of hydrogen-bond donors (Lipinski definition) is 0. The van der Waals surface area contributed by atoms with Crippen molar-refractivity contribution >= 4 is 5.97 Å². The van der Waals surface area contributed by atoms with Gasteiger partial charge in [0.25, 0.3) is 0 Å². The maximum Gasteiger partial charge on any atom is 0.306 e. The molecule has 1 atom stereocenters. The monoisotopic (exact) mass is 168 g/mol. The van der Waals surface area contributed by atoms with Crippen LogP contribution in [0.2, 0.25) is 0 Å². The van der Waals surface area contributed by atoms with Crippen LogP contribution in [-0.4, -0.2) is 12.1 Å². The number of allylic oxidation sites excluding steroid dienone is 1. The molecule has 1 aliphatic rings. The SMILES string of the molecule is CC(C)C/C=C/C1CCC(=O)O1. The van der Waals surface area contributed by atoms with Crippen molar-refractivity contribution in [2.75, 3.05) is 0 Å². The Balaban J connectivity index is 2.22. The molecule has 0 spiro atoms. The van der Waals surface area contributed by atoms with Gasteiger partial charge in [0.05, 0.1) is 0 Å². The molecule has 68 valence electrons. The van der Waals surface area contributed by atoms with Gasteiger partial charge in [-0.3, -0.25) is 4.79 Å². The van der Waals surface area contributed by atoms with Crippen molar-refractivity contribution in [1.29, 1.82) is 0 Å². The second kappa shape index (κ2) is 4.29. The van der Waals surface area contributed by atoms with E-state index in [0.29, 0.717) is 12.3 Å². The van der Waals surface area contributed by atoms with E-state index in [9.17, 15) is 4.79 Å². The van der Waals surface area contributed by atoms with Crippen LogP contribution in [0.25, 0.3) is 0 Å². The van der Waals surface area contributed by atoms with Crippen LogP contribution in [0.15, 0.2) is 12.2 Å². The second-order valence-electron chi connectivity index (χ2n) is 3.62. The summed E-state index contributed by atoms with van der Waals surface area (Å²) >= 11 is 0. The number of ether oxygens (including phenoxy) is 1. The fraction of sp³-hybridized carbons (Fsp3) is 0.700. The van der Waals surface area contributed by atoms with E-state index in [0.717, 1.165) is 12.8 Å². The number of rotatable bonds is 3. The lowest BCUT2D eigenvalue weighted by atomic mass is 10.1. The Labute approximate surface area is 73.6 Å². The lowest BCUT2D eigenvalue weighted by Crippen LogP contribution is -2.02. The van der Waals surface area contributed by atoms with Crippen molar-refractivity contribution < 1.29 is 9.53 Å². The minimum Gasteiger partial charge on any atom is -0.458 e. The Morgan fingerprint density at radius 2 is 2.42 bits per heavy atom. The summed E-state index contributed by atoms with van der Waals surface area (Å²) in [5, 5.41) is 0. The fourth-order valence-corrected chi connectivity index (χ4v) is 1.18. The van der Waals surface area contributed by atoms with Crippen LogP contribution in [-0.2, 0) is 9.53 Å². The maximum atomic E-state index is 10.7. The largest absolute Gasteiger partial charge is 0.458 e. The summed E-state index contributed by atoms with van der Waals surface area (Å²) < 4.78 is 5.02. The van der Waals surface area contributed by atoms with Gasteiger partial charge in [-0.15, -0.1) is 0 Å². The molecule has 0 aromatic carbocycles. The van der Waals surface area contributed by atoms with Crippen LogP contribution < -0.4 is 0 Å². The first-order chi connectivity index (χ1) is 5.68. The van der Waals surface area contributed by atoms with E-state index < -0.39 is 0 Å². The van der Waals surface area contributed by atoms with Gasteiger partial charge < -0.3 is 4.74 Å². The average Bonchev–Trinajstić information content (AvgIpc) is 2.35. The number of carbonyl (C=O) groups is 1. The summed E-state index contributed by atoms with van der Waals surface area (Å²) in [5.74, 6) is 0.618. The lowest BCUT2D eigenvalue weighted by molar-refractivity contribution is -0.139. The Bertz CT molecular complexity index is 182. The molecule has 1 saturated heterocycles. The third kappa shape index (κ3) is 3.07. The lowest BCUT2D eigenvalue weighted by Gasteiger charge is -2.02. The summed E-state index contributed by atoms with van der Waals surface area (Å²) in [7, 11) is 0. The molecule has 0 bridgehead atoms. The summed E-state index contributed by atoms with van der Waals surface area (Å²) in [6, 6.07) is 0. The highest BCUT2D eigenvalue weighted by atomic mass is 16.5. The molecule has 1 rings (SSSR count). The Morgan fingerprint density at radius 1 is 1.67 bits per heavy atom. The Hall–Kier alpha value is -0.790. The summed E-state index contributed by atoms with van der Waals surface area (Å²) in [6.07, 6.45) is 6.66. The molecule has 0 radical (unpaired) electrons. The van der Waals surface area contributed by atoms with E-state index in [1.54, 1.807) is 0 Å².